The summed E-state index contributed by atoms with van der Waals surface area (Å²) in [4.78, 5) is 3.92. The van der Waals surface area contributed by atoms with Crippen molar-refractivity contribution in [3.05, 3.63) is 17.7 Å². The molecule has 4 heteroatoms. The average Bonchev–Trinajstić information content (AvgIpc) is 2.16. The topological polar surface area (TPSA) is 55.1 Å². The normalized spacial score (nSPS) is 8.75. The molecule has 0 aliphatic carbocycles. The Labute approximate surface area is 70.4 Å². The summed E-state index contributed by atoms with van der Waals surface area (Å²) < 4.78 is 9.71. The predicted molar refractivity (Wildman–Crippen MR) is 42.1 cm³/mol. The molecule has 0 amide bonds. The fourth-order valence-electron chi connectivity index (χ4n) is 0.755. The minimum atomic E-state index is 0.380. The van der Waals surface area contributed by atoms with Crippen LogP contribution in [-0.4, -0.2) is 19.2 Å². The first-order valence-corrected chi connectivity index (χ1v) is 3.30. The molecule has 1 aromatic rings. The Morgan fingerprint density at radius 3 is 2.08 bits per heavy atom. The van der Waals surface area contributed by atoms with Gasteiger partial charge in [0, 0.05) is 12.1 Å². The molecule has 4 nitrogen and oxygen atoms in total. The lowest BCUT2D eigenvalue weighted by molar-refractivity contribution is 0.364. The maximum Gasteiger partial charge on any atom is 0.217 e. The number of hydrogen-bond acceptors (Lipinski definition) is 4. The number of pyridine rings is 1. The highest BCUT2D eigenvalue weighted by atomic mass is 16.5. The third-order valence-corrected chi connectivity index (χ3v) is 1.33. The highest BCUT2D eigenvalue weighted by molar-refractivity contribution is 5.36. The molecule has 0 N–H and O–H groups in total. The summed E-state index contributed by atoms with van der Waals surface area (Å²) >= 11 is 0. The molecule has 0 spiro atoms. The number of ether oxygens (including phenoxy) is 2. The molecular formula is C8H8N2O2. The predicted octanol–water partition coefficient (Wildman–Crippen LogP) is 0.970. The number of aromatic nitrogens is 1. The first-order valence-electron chi connectivity index (χ1n) is 3.30. The summed E-state index contributed by atoms with van der Waals surface area (Å²) in [6, 6.07) is 5.06. The van der Waals surface area contributed by atoms with Crippen molar-refractivity contribution < 1.29 is 9.47 Å². The van der Waals surface area contributed by atoms with Crippen LogP contribution in [0.3, 0.4) is 0 Å². The molecule has 62 valence electrons. The van der Waals surface area contributed by atoms with E-state index in [4.69, 9.17) is 14.7 Å². The van der Waals surface area contributed by atoms with Gasteiger partial charge in [-0.3, -0.25) is 0 Å². The third-order valence-electron chi connectivity index (χ3n) is 1.33. The molecule has 0 fully saturated rings. The lowest BCUT2D eigenvalue weighted by atomic mass is 10.3. The molecule has 1 aromatic heterocycles. The zero-order chi connectivity index (χ0) is 8.97. The number of rotatable bonds is 2. The fraction of sp³-hybridized carbons (Fsp3) is 0.250. The number of nitriles is 1. The summed E-state index contributed by atoms with van der Waals surface area (Å²) in [6.07, 6.45) is 0. The van der Waals surface area contributed by atoms with Crippen molar-refractivity contribution in [1.29, 1.82) is 5.26 Å². The second-order valence-electron chi connectivity index (χ2n) is 2.05. The van der Waals surface area contributed by atoms with E-state index in [0.717, 1.165) is 0 Å². The van der Waals surface area contributed by atoms with Gasteiger partial charge in [0.2, 0.25) is 11.8 Å². The summed E-state index contributed by atoms with van der Waals surface area (Å²) in [5.41, 5.74) is 0.471. The molecule has 12 heavy (non-hydrogen) atoms. The van der Waals surface area contributed by atoms with Crippen molar-refractivity contribution in [3.63, 3.8) is 0 Å². The highest BCUT2D eigenvalue weighted by Crippen LogP contribution is 2.16. The smallest absolute Gasteiger partial charge is 0.217 e. The molecular weight excluding hydrogens is 156 g/mol. The largest absolute Gasteiger partial charge is 0.481 e. The Kier molecular flexibility index (Phi) is 2.49. The van der Waals surface area contributed by atoms with E-state index in [2.05, 4.69) is 4.98 Å². The van der Waals surface area contributed by atoms with E-state index in [1.54, 1.807) is 12.1 Å². The third kappa shape index (κ3) is 1.64. The molecule has 0 aromatic carbocycles. The molecule has 0 radical (unpaired) electrons. The maximum atomic E-state index is 8.59. The van der Waals surface area contributed by atoms with Crippen LogP contribution in [0, 0.1) is 11.3 Å². The molecule has 0 bridgehead atoms. The van der Waals surface area contributed by atoms with Crippen LogP contribution in [0.4, 0.5) is 0 Å². The van der Waals surface area contributed by atoms with Gasteiger partial charge in [0.25, 0.3) is 0 Å². The number of methoxy groups -OCH3 is 2. The molecule has 0 atom stereocenters. The molecule has 0 aliphatic heterocycles. The molecule has 0 saturated heterocycles. The van der Waals surface area contributed by atoms with Crippen LogP contribution in [0.1, 0.15) is 5.56 Å². The van der Waals surface area contributed by atoms with Crippen LogP contribution >= 0.6 is 0 Å². The Morgan fingerprint density at radius 2 is 1.75 bits per heavy atom. The van der Waals surface area contributed by atoms with Gasteiger partial charge in [0.1, 0.15) is 0 Å². The van der Waals surface area contributed by atoms with Gasteiger partial charge in [-0.05, 0) is 0 Å². The molecule has 0 saturated carbocycles. The summed E-state index contributed by atoms with van der Waals surface area (Å²) in [6.45, 7) is 0. The Morgan fingerprint density at radius 1 is 1.25 bits per heavy atom. The minimum absolute atomic E-state index is 0.380. The molecule has 1 rings (SSSR count). The van der Waals surface area contributed by atoms with Gasteiger partial charge in [-0.1, -0.05) is 0 Å². The van der Waals surface area contributed by atoms with Gasteiger partial charge in [-0.25, -0.2) is 0 Å². The van der Waals surface area contributed by atoms with Crippen molar-refractivity contribution >= 4 is 0 Å². The first-order chi connectivity index (χ1) is 5.80. The lowest BCUT2D eigenvalue weighted by Gasteiger charge is -2.02. The summed E-state index contributed by atoms with van der Waals surface area (Å²) in [5, 5.41) is 8.59. The van der Waals surface area contributed by atoms with E-state index in [9.17, 15) is 0 Å². The van der Waals surface area contributed by atoms with E-state index in [1.165, 1.54) is 14.2 Å². The minimum Gasteiger partial charge on any atom is -0.481 e. The van der Waals surface area contributed by atoms with Crippen LogP contribution in [0.2, 0.25) is 0 Å². The zero-order valence-corrected chi connectivity index (χ0v) is 6.87. The van der Waals surface area contributed by atoms with Crippen LogP contribution in [0.25, 0.3) is 0 Å². The Balaban J connectivity index is 3.12. The van der Waals surface area contributed by atoms with E-state index >= 15 is 0 Å². The van der Waals surface area contributed by atoms with E-state index in [1.807, 2.05) is 6.07 Å². The monoisotopic (exact) mass is 164 g/mol. The van der Waals surface area contributed by atoms with Crippen LogP contribution in [0.5, 0.6) is 11.8 Å². The van der Waals surface area contributed by atoms with Crippen LogP contribution in [-0.2, 0) is 0 Å². The van der Waals surface area contributed by atoms with Crippen molar-refractivity contribution in [2.75, 3.05) is 14.2 Å². The van der Waals surface area contributed by atoms with Crippen molar-refractivity contribution in [2.24, 2.45) is 0 Å². The quantitative estimate of drug-likeness (QED) is 0.653. The second-order valence-corrected chi connectivity index (χ2v) is 2.05. The maximum absolute atomic E-state index is 8.59. The fourth-order valence-corrected chi connectivity index (χ4v) is 0.755. The van der Waals surface area contributed by atoms with Crippen LogP contribution < -0.4 is 9.47 Å². The first kappa shape index (κ1) is 8.34. The van der Waals surface area contributed by atoms with Crippen molar-refractivity contribution in [3.8, 4) is 17.8 Å². The SMILES string of the molecule is COc1cc(C#N)cc(OC)n1. The van der Waals surface area contributed by atoms with E-state index in [-0.39, 0.29) is 0 Å². The standard InChI is InChI=1S/C8H8N2O2/c1-11-7-3-6(5-9)4-8(10-7)12-2/h3-4H,1-2H3. The number of nitrogens with zero attached hydrogens (tertiary/aromatic N) is 2. The van der Waals surface area contributed by atoms with Gasteiger partial charge in [0.15, 0.2) is 0 Å². The molecule has 0 unspecified atom stereocenters. The van der Waals surface area contributed by atoms with Gasteiger partial charge in [-0.15, -0.1) is 0 Å². The van der Waals surface area contributed by atoms with E-state index < -0.39 is 0 Å². The van der Waals surface area contributed by atoms with E-state index in [0.29, 0.717) is 17.3 Å². The van der Waals surface area contributed by atoms with Gasteiger partial charge >= 0.3 is 0 Å². The lowest BCUT2D eigenvalue weighted by Crippen LogP contribution is -1.93. The van der Waals surface area contributed by atoms with Gasteiger partial charge in [0.05, 0.1) is 25.9 Å². The summed E-state index contributed by atoms with van der Waals surface area (Å²) in [5.74, 6) is 0.761. The second kappa shape index (κ2) is 3.58. The van der Waals surface area contributed by atoms with Gasteiger partial charge < -0.3 is 9.47 Å². The molecule has 1 heterocycles. The summed E-state index contributed by atoms with van der Waals surface area (Å²) in [7, 11) is 2.98. The zero-order valence-electron chi connectivity index (χ0n) is 6.87. The average molecular weight is 164 g/mol. The Bertz CT molecular complexity index is 295. The van der Waals surface area contributed by atoms with Crippen molar-refractivity contribution in [1.82, 2.24) is 4.98 Å². The highest BCUT2D eigenvalue weighted by Gasteiger charge is 2.01. The Hall–Kier alpha value is -1.76. The van der Waals surface area contributed by atoms with Gasteiger partial charge in [-0.2, -0.15) is 10.2 Å². The number of hydrogen-bond donors (Lipinski definition) is 0. The van der Waals surface area contributed by atoms with Crippen LogP contribution in [0.15, 0.2) is 12.1 Å². The van der Waals surface area contributed by atoms with Crippen molar-refractivity contribution in [2.45, 2.75) is 0 Å². The molecule has 0 aliphatic rings.